The minimum Gasteiger partial charge on any atom is -0.494 e. The summed E-state index contributed by atoms with van der Waals surface area (Å²) in [6.45, 7) is 2.17. The van der Waals surface area contributed by atoms with Gasteiger partial charge in [0.25, 0.3) is 10.0 Å². The average Bonchev–Trinajstić information content (AvgIpc) is 3.07. The van der Waals surface area contributed by atoms with Crippen molar-refractivity contribution in [2.24, 2.45) is 0 Å². The van der Waals surface area contributed by atoms with E-state index in [9.17, 15) is 8.42 Å². The lowest BCUT2D eigenvalue weighted by molar-refractivity contribution is 0.418. The van der Waals surface area contributed by atoms with Crippen molar-refractivity contribution in [3.05, 3.63) is 54.5 Å². The predicted molar refractivity (Wildman–Crippen MR) is 98.5 cm³/mol. The van der Waals surface area contributed by atoms with Crippen LogP contribution in [0.5, 0.6) is 5.75 Å². The van der Waals surface area contributed by atoms with Crippen LogP contribution in [0.3, 0.4) is 0 Å². The van der Waals surface area contributed by atoms with Crippen LogP contribution in [0.1, 0.15) is 31.7 Å². The van der Waals surface area contributed by atoms with Gasteiger partial charge in [0, 0.05) is 11.6 Å². The average molecular weight is 358 g/mol. The first kappa shape index (κ1) is 17.5. The molecule has 0 aliphatic rings. The largest absolute Gasteiger partial charge is 0.494 e. The fourth-order valence-corrected chi connectivity index (χ4v) is 4.23. The number of methoxy groups -OCH3 is 1. The maximum Gasteiger partial charge on any atom is 0.268 e. The fourth-order valence-electron chi connectivity index (χ4n) is 2.90. The second-order valence-electron chi connectivity index (χ2n) is 5.99. The number of nitrogens with zero attached hydrogens (tertiary/aromatic N) is 2. The summed E-state index contributed by atoms with van der Waals surface area (Å²) in [5.41, 5.74) is 1.67. The zero-order chi connectivity index (χ0) is 17.9. The van der Waals surface area contributed by atoms with Gasteiger partial charge in [-0.15, -0.1) is 0 Å². The van der Waals surface area contributed by atoms with Crippen molar-refractivity contribution < 1.29 is 13.2 Å². The SMILES string of the molecule is CCCCCc1ccc(S(=O)(=O)n2ccc3c(OC)cncc32)cc1. The molecule has 0 aliphatic heterocycles. The van der Waals surface area contributed by atoms with Crippen molar-refractivity contribution in [1.82, 2.24) is 8.96 Å². The Balaban J connectivity index is 1.94. The number of rotatable bonds is 7. The third-order valence-electron chi connectivity index (χ3n) is 4.31. The van der Waals surface area contributed by atoms with Gasteiger partial charge in [0.15, 0.2) is 0 Å². The number of aryl methyl sites for hydroxylation is 1. The molecule has 0 amide bonds. The maximum atomic E-state index is 13.0. The number of hydrogen-bond donors (Lipinski definition) is 0. The van der Waals surface area contributed by atoms with Gasteiger partial charge in [-0.1, -0.05) is 31.9 Å². The van der Waals surface area contributed by atoms with Crippen molar-refractivity contribution >= 4 is 20.9 Å². The van der Waals surface area contributed by atoms with E-state index in [4.69, 9.17) is 4.74 Å². The molecule has 0 atom stereocenters. The Bertz CT molecular complexity index is 960. The third kappa shape index (κ3) is 3.39. The van der Waals surface area contributed by atoms with Crippen LogP contribution in [-0.4, -0.2) is 24.5 Å². The number of pyridine rings is 1. The summed E-state index contributed by atoms with van der Waals surface area (Å²) in [5.74, 6) is 0.553. The summed E-state index contributed by atoms with van der Waals surface area (Å²) in [6, 6.07) is 8.87. The Morgan fingerprint density at radius 1 is 1.08 bits per heavy atom. The summed E-state index contributed by atoms with van der Waals surface area (Å²) < 4.78 is 32.5. The number of ether oxygens (including phenoxy) is 1. The van der Waals surface area contributed by atoms with E-state index in [2.05, 4.69) is 11.9 Å². The smallest absolute Gasteiger partial charge is 0.268 e. The predicted octanol–water partition coefficient (Wildman–Crippen LogP) is 4.01. The lowest BCUT2D eigenvalue weighted by Crippen LogP contribution is -2.12. The van der Waals surface area contributed by atoms with Crippen molar-refractivity contribution in [2.75, 3.05) is 7.11 Å². The first-order valence-electron chi connectivity index (χ1n) is 8.41. The molecular weight excluding hydrogens is 336 g/mol. The van der Waals surface area contributed by atoms with Crippen LogP contribution >= 0.6 is 0 Å². The molecule has 3 aromatic rings. The van der Waals surface area contributed by atoms with Gasteiger partial charge in [0.1, 0.15) is 5.75 Å². The van der Waals surface area contributed by atoms with Crippen LogP contribution < -0.4 is 4.74 Å². The quantitative estimate of drug-likeness (QED) is 0.599. The number of benzene rings is 1. The number of aromatic nitrogens is 2. The Kier molecular flexibility index (Phi) is 5.08. The molecule has 1 aromatic carbocycles. The normalized spacial score (nSPS) is 11.8. The first-order valence-corrected chi connectivity index (χ1v) is 9.85. The molecule has 0 saturated carbocycles. The molecule has 0 bridgehead atoms. The van der Waals surface area contributed by atoms with Gasteiger partial charge in [-0.05, 0) is 36.6 Å². The van der Waals surface area contributed by atoms with Gasteiger partial charge in [0.2, 0.25) is 0 Å². The summed E-state index contributed by atoms with van der Waals surface area (Å²) in [5, 5.41) is 0.720. The highest BCUT2D eigenvalue weighted by Gasteiger charge is 2.20. The Morgan fingerprint density at radius 3 is 2.52 bits per heavy atom. The van der Waals surface area contributed by atoms with Gasteiger partial charge >= 0.3 is 0 Å². The highest BCUT2D eigenvalue weighted by atomic mass is 32.2. The molecule has 0 N–H and O–H groups in total. The fraction of sp³-hybridized carbons (Fsp3) is 0.316. The van der Waals surface area contributed by atoms with Gasteiger partial charge in [0.05, 0.1) is 29.9 Å². The third-order valence-corrected chi connectivity index (χ3v) is 6.02. The minimum atomic E-state index is -3.67. The summed E-state index contributed by atoms with van der Waals surface area (Å²) >= 11 is 0. The van der Waals surface area contributed by atoms with E-state index in [1.54, 1.807) is 37.7 Å². The molecular formula is C19H22N2O3S. The highest BCUT2D eigenvalue weighted by Crippen LogP contribution is 2.28. The zero-order valence-electron chi connectivity index (χ0n) is 14.5. The molecule has 132 valence electrons. The van der Waals surface area contributed by atoms with E-state index in [0.29, 0.717) is 11.3 Å². The van der Waals surface area contributed by atoms with E-state index in [1.165, 1.54) is 23.0 Å². The Morgan fingerprint density at radius 2 is 1.84 bits per heavy atom. The maximum absolute atomic E-state index is 13.0. The summed E-state index contributed by atoms with van der Waals surface area (Å²) in [6.07, 6.45) is 9.10. The summed E-state index contributed by atoms with van der Waals surface area (Å²) in [4.78, 5) is 4.34. The molecule has 5 nitrogen and oxygen atoms in total. The van der Waals surface area contributed by atoms with Crippen LogP contribution in [0.2, 0.25) is 0 Å². The highest BCUT2D eigenvalue weighted by molar-refractivity contribution is 7.90. The first-order chi connectivity index (χ1) is 12.1. The molecule has 3 rings (SSSR count). The molecule has 0 spiro atoms. The molecule has 6 heteroatoms. The second-order valence-corrected chi connectivity index (χ2v) is 7.81. The molecule has 0 saturated heterocycles. The van der Waals surface area contributed by atoms with E-state index < -0.39 is 10.0 Å². The topological polar surface area (TPSA) is 61.2 Å². The van der Waals surface area contributed by atoms with E-state index in [-0.39, 0.29) is 4.90 Å². The lowest BCUT2D eigenvalue weighted by atomic mass is 10.1. The van der Waals surface area contributed by atoms with E-state index in [0.717, 1.165) is 23.8 Å². The minimum absolute atomic E-state index is 0.270. The molecule has 2 aromatic heterocycles. The van der Waals surface area contributed by atoms with Crippen molar-refractivity contribution in [3.8, 4) is 5.75 Å². The molecule has 0 fully saturated rings. The second kappa shape index (κ2) is 7.27. The van der Waals surface area contributed by atoms with E-state index in [1.807, 2.05) is 12.1 Å². The van der Waals surface area contributed by atoms with Crippen molar-refractivity contribution in [1.29, 1.82) is 0 Å². The van der Waals surface area contributed by atoms with E-state index >= 15 is 0 Å². The Hall–Kier alpha value is -2.34. The number of fused-ring (bicyclic) bond motifs is 1. The monoisotopic (exact) mass is 358 g/mol. The van der Waals surface area contributed by atoms with Crippen LogP contribution in [0.4, 0.5) is 0 Å². The molecule has 0 aliphatic carbocycles. The van der Waals surface area contributed by atoms with Gasteiger partial charge in [-0.3, -0.25) is 4.98 Å². The van der Waals surface area contributed by atoms with Gasteiger partial charge in [-0.2, -0.15) is 0 Å². The van der Waals surface area contributed by atoms with Crippen LogP contribution in [0, 0.1) is 0 Å². The number of unbranched alkanes of at least 4 members (excludes halogenated alkanes) is 2. The lowest BCUT2D eigenvalue weighted by Gasteiger charge is -2.09. The molecule has 0 radical (unpaired) electrons. The van der Waals surface area contributed by atoms with Gasteiger partial charge < -0.3 is 4.74 Å². The molecule has 0 unspecified atom stereocenters. The van der Waals surface area contributed by atoms with Crippen LogP contribution in [0.25, 0.3) is 10.9 Å². The summed E-state index contributed by atoms with van der Waals surface area (Å²) in [7, 11) is -2.13. The standard InChI is InChI=1S/C19H22N2O3S/c1-3-4-5-6-15-7-9-16(10-8-15)25(22,23)21-12-11-17-18(21)13-20-14-19(17)24-2/h7-14H,3-6H2,1-2H3. The molecule has 2 heterocycles. The van der Waals surface area contributed by atoms with Crippen LogP contribution in [0.15, 0.2) is 53.8 Å². The van der Waals surface area contributed by atoms with Crippen LogP contribution in [-0.2, 0) is 16.4 Å². The van der Waals surface area contributed by atoms with Crippen molar-refractivity contribution in [2.45, 2.75) is 37.5 Å². The molecule has 25 heavy (non-hydrogen) atoms. The number of hydrogen-bond acceptors (Lipinski definition) is 4. The zero-order valence-corrected chi connectivity index (χ0v) is 15.3. The Labute approximate surface area is 148 Å². The van der Waals surface area contributed by atoms with Crippen molar-refractivity contribution in [3.63, 3.8) is 0 Å². The van der Waals surface area contributed by atoms with Gasteiger partial charge in [-0.25, -0.2) is 12.4 Å².